The normalized spacial score (nSPS) is 10.2. The van der Waals surface area contributed by atoms with Crippen LogP contribution in [0.3, 0.4) is 0 Å². The molecule has 0 saturated carbocycles. The fraction of sp³-hybridized carbons (Fsp3) is 0.273. The molecule has 0 atom stereocenters. The van der Waals surface area contributed by atoms with E-state index in [2.05, 4.69) is 20.4 Å². The molecule has 0 aliphatic carbocycles. The van der Waals surface area contributed by atoms with Crippen molar-refractivity contribution in [2.45, 2.75) is 19.8 Å². The first-order chi connectivity index (χ1) is 6.20. The van der Waals surface area contributed by atoms with Crippen LogP contribution in [0.5, 0.6) is 5.75 Å². The van der Waals surface area contributed by atoms with E-state index in [0.29, 0.717) is 5.92 Å². The average molecular weight is 177 g/mol. The van der Waals surface area contributed by atoms with Crippen LogP contribution in [0.1, 0.15) is 30.9 Å². The maximum absolute atomic E-state index is 5.22. The zero-order valence-electron chi connectivity index (χ0n) is 8.08. The Morgan fingerprint density at radius 3 is 2.62 bits per heavy atom. The number of hydrogen-bond acceptors (Lipinski definition) is 2. The van der Waals surface area contributed by atoms with Gasteiger partial charge in [0.25, 0.3) is 0 Å². The van der Waals surface area contributed by atoms with Crippen LogP contribution in [0.15, 0.2) is 24.8 Å². The zero-order chi connectivity index (χ0) is 9.84. The number of nitrogens with two attached hydrogens (primary N) is 1. The zero-order valence-corrected chi connectivity index (χ0v) is 8.08. The topological polar surface area (TPSA) is 35.2 Å². The second-order valence-electron chi connectivity index (χ2n) is 3.24. The minimum Gasteiger partial charge on any atom is -0.411 e. The van der Waals surface area contributed by atoms with Gasteiger partial charge < -0.3 is 4.84 Å². The molecule has 1 rings (SSSR count). The molecule has 2 heteroatoms. The quantitative estimate of drug-likeness (QED) is 0.720. The van der Waals surface area contributed by atoms with Crippen LogP contribution in [-0.2, 0) is 0 Å². The van der Waals surface area contributed by atoms with Gasteiger partial charge in [0.1, 0.15) is 0 Å². The van der Waals surface area contributed by atoms with E-state index in [9.17, 15) is 0 Å². The Hall–Kier alpha value is -1.28. The second-order valence-corrected chi connectivity index (χ2v) is 3.24. The Morgan fingerprint density at radius 2 is 2.15 bits per heavy atom. The molecular weight excluding hydrogens is 162 g/mol. The SMILES string of the molecule is C=Cc1cccc(C(C)C)c1ON. The highest BCUT2D eigenvalue weighted by molar-refractivity contribution is 5.59. The molecule has 0 aromatic heterocycles. The molecule has 0 unspecified atom stereocenters. The lowest BCUT2D eigenvalue weighted by Crippen LogP contribution is -2.07. The predicted octanol–water partition coefficient (Wildman–Crippen LogP) is 2.71. The number of benzene rings is 1. The van der Waals surface area contributed by atoms with E-state index >= 15 is 0 Å². The van der Waals surface area contributed by atoms with Crippen LogP contribution in [-0.4, -0.2) is 0 Å². The van der Waals surface area contributed by atoms with Crippen molar-refractivity contribution < 1.29 is 4.84 Å². The van der Waals surface area contributed by atoms with Crippen LogP contribution < -0.4 is 10.7 Å². The van der Waals surface area contributed by atoms with Gasteiger partial charge in [-0.3, -0.25) is 0 Å². The van der Waals surface area contributed by atoms with Crippen molar-refractivity contribution in [2.24, 2.45) is 5.90 Å². The fourth-order valence-corrected chi connectivity index (χ4v) is 1.32. The molecule has 0 aliphatic rings. The summed E-state index contributed by atoms with van der Waals surface area (Å²) < 4.78 is 0. The molecular formula is C11H15NO. The van der Waals surface area contributed by atoms with E-state index in [1.54, 1.807) is 6.08 Å². The molecule has 13 heavy (non-hydrogen) atoms. The van der Waals surface area contributed by atoms with E-state index in [0.717, 1.165) is 16.9 Å². The van der Waals surface area contributed by atoms with Crippen LogP contribution in [0.4, 0.5) is 0 Å². The first kappa shape index (κ1) is 9.81. The van der Waals surface area contributed by atoms with E-state index in [1.807, 2.05) is 18.2 Å². The summed E-state index contributed by atoms with van der Waals surface area (Å²) in [7, 11) is 0. The molecule has 0 aliphatic heterocycles. The molecule has 0 amide bonds. The van der Waals surface area contributed by atoms with E-state index in [-0.39, 0.29) is 0 Å². The van der Waals surface area contributed by atoms with Crippen molar-refractivity contribution in [3.63, 3.8) is 0 Å². The summed E-state index contributed by atoms with van der Waals surface area (Å²) in [6.45, 7) is 7.91. The Balaban J connectivity index is 3.26. The number of rotatable bonds is 3. The van der Waals surface area contributed by atoms with Crippen LogP contribution in [0.2, 0.25) is 0 Å². The number of para-hydroxylation sites is 1. The van der Waals surface area contributed by atoms with Crippen molar-refractivity contribution in [1.29, 1.82) is 0 Å². The molecule has 70 valence electrons. The largest absolute Gasteiger partial charge is 0.411 e. The molecule has 0 heterocycles. The summed E-state index contributed by atoms with van der Waals surface area (Å²) in [6.07, 6.45) is 1.74. The molecule has 2 nitrogen and oxygen atoms in total. The molecule has 1 aromatic carbocycles. The van der Waals surface area contributed by atoms with Gasteiger partial charge in [0.15, 0.2) is 5.75 Å². The third-order valence-corrected chi connectivity index (χ3v) is 2.04. The van der Waals surface area contributed by atoms with Crippen molar-refractivity contribution in [2.75, 3.05) is 0 Å². The molecule has 0 radical (unpaired) electrons. The van der Waals surface area contributed by atoms with Gasteiger partial charge in [-0.1, -0.05) is 44.7 Å². The molecule has 2 N–H and O–H groups in total. The first-order valence-electron chi connectivity index (χ1n) is 4.32. The molecule has 0 fully saturated rings. The monoisotopic (exact) mass is 177 g/mol. The summed E-state index contributed by atoms with van der Waals surface area (Å²) in [5.74, 6) is 6.35. The maximum Gasteiger partial charge on any atom is 0.157 e. The summed E-state index contributed by atoms with van der Waals surface area (Å²) in [5, 5.41) is 0. The molecule has 0 spiro atoms. The fourth-order valence-electron chi connectivity index (χ4n) is 1.32. The average Bonchev–Trinajstić information content (AvgIpc) is 2.16. The lowest BCUT2D eigenvalue weighted by atomic mass is 9.99. The predicted molar refractivity (Wildman–Crippen MR) is 55.4 cm³/mol. The van der Waals surface area contributed by atoms with Gasteiger partial charge in [-0.05, 0) is 11.5 Å². The van der Waals surface area contributed by atoms with E-state index < -0.39 is 0 Å². The third kappa shape index (κ3) is 1.90. The van der Waals surface area contributed by atoms with Gasteiger partial charge in [-0.25, -0.2) is 0 Å². The van der Waals surface area contributed by atoms with Gasteiger partial charge >= 0.3 is 0 Å². The van der Waals surface area contributed by atoms with Crippen molar-refractivity contribution in [3.05, 3.63) is 35.9 Å². The molecule has 0 bridgehead atoms. The van der Waals surface area contributed by atoms with Crippen LogP contribution in [0.25, 0.3) is 6.08 Å². The Kier molecular flexibility index (Phi) is 3.09. The van der Waals surface area contributed by atoms with Crippen molar-refractivity contribution >= 4 is 6.08 Å². The standard InChI is InChI=1S/C11H15NO/c1-4-9-6-5-7-10(8(2)3)11(9)13-12/h4-8H,1,12H2,2-3H3. The molecule has 1 aromatic rings. The minimum atomic E-state index is 0.401. The summed E-state index contributed by atoms with van der Waals surface area (Å²) in [4.78, 5) is 4.86. The van der Waals surface area contributed by atoms with Gasteiger partial charge in [0.05, 0.1) is 0 Å². The third-order valence-electron chi connectivity index (χ3n) is 2.04. The smallest absolute Gasteiger partial charge is 0.157 e. The van der Waals surface area contributed by atoms with Gasteiger partial charge in [-0.15, -0.1) is 0 Å². The first-order valence-corrected chi connectivity index (χ1v) is 4.32. The second kappa shape index (κ2) is 4.10. The van der Waals surface area contributed by atoms with Crippen LogP contribution in [0, 0.1) is 0 Å². The highest BCUT2D eigenvalue weighted by Crippen LogP contribution is 2.29. The lowest BCUT2D eigenvalue weighted by Gasteiger charge is -2.12. The highest BCUT2D eigenvalue weighted by atomic mass is 16.6. The van der Waals surface area contributed by atoms with Crippen LogP contribution >= 0.6 is 0 Å². The van der Waals surface area contributed by atoms with E-state index in [1.165, 1.54) is 0 Å². The highest BCUT2D eigenvalue weighted by Gasteiger charge is 2.09. The Labute approximate surface area is 79.0 Å². The minimum absolute atomic E-state index is 0.401. The lowest BCUT2D eigenvalue weighted by molar-refractivity contribution is 0.328. The van der Waals surface area contributed by atoms with Gasteiger partial charge in [0, 0.05) is 5.56 Å². The van der Waals surface area contributed by atoms with Crippen molar-refractivity contribution in [3.8, 4) is 5.75 Å². The number of hydrogen-bond donors (Lipinski definition) is 1. The summed E-state index contributed by atoms with van der Waals surface area (Å²) >= 11 is 0. The van der Waals surface area contributed by atoms with E-state index in [4.69, 9.17) is 10.7 Å². The van der Waals surface area contributed by atoms with Gasteiger partial charge in [0.2, 0.25) is 0 Å². The molecule has 0 saturated heterocycles. The van der Waals surface area contributed by atoms with Gasteiger partial charge in [-0.2, -0.15) is 5.90 Å². The van der Waals surface area contributed by atoms with Crippen molar-refractivity contribution in [1.82, 2.24) is 0 Å². The maximum atomic E-state index is 5.22. The summed E-state index contributed by atoms with van der Waals surface area (Å²) in [6, 6.07) is 5.93. The Morgan fingerprint density at radius 1 is 1.46 bits per heavy atom. The Bertz CT molecular complexity index is 305. The summed E-state index contributed by atoms with van der Waals surface area (Å²) in [5.41, 5.74) is 2.05.